The summed E-state index contributed by atoms with van der Waals surface area (Å²) in [4.78, 5) is 0. The molecule has 82 valence electrons. The Labute approximate surface area is 97.8 Å². The van der Waals surface area contributed by atoms with E-state index < -0.39 is 0 Å². The van der Waals surface area contributed by atoms with E-state index in [-0.39, 0.29) is 11.9 Å². The average molecular weight is 273 g/mol. The van der Waals surface area contributed by atoms with E-state index in [9.17, 15) is 4.39 Å². The van der Waals surface area contributed by atoms with Crippen molar-refractivity contribution in [3.05, 3.63) is 35.6 Å². The summed E-state index contributed by atoms with van der Waals surface area (Å²) in [6, 6.07) is 6.53. The van der Waals surface area contributed by atoms with Crippen LogP contribution < -0.4 is 0 Å². The van der Waals surface area contributed by atoms with Crippen LogP contribution in [0.5, 0.6) is 0 Å². The van der Waals surface area contributed by atoms with E-state index in [1.54, 1.807) is 12.1 Å². The van der Waals surface area contributed by atoms with Crippen molar-refractivity contribution in [2.45, 2.75) is 18.9 Å². The first-order valence-electron chi connectivity index (χ1n) is 5.22. The largest absolute Gasteiger partial charge is 0.372 e. The molecule has 0 saturated heterocycles. The Bertz CT molecular complexity index is 308. The Morgan fingerprint density at radius 2 is 2.00 bits per heavy atom. The second-order valence-corrected chi connectivity index (χ2v) is 4.62. The number of alkyl halides is 1. The fourth-order valence-electron chi connectivity index (χ4n) is 1.44. The van der Waals surface area contributed by atoms with E-state index in [0.717, 1.165) is 23.4 Å². The van der Waals surface area contributed by atoms with Crippen molar-refractivity contribution in [1.29, 1.82) is 0 Å². The summed E-state index contributed by atoms with van der Waals surface area (Å²) in [6.07, 6.45) is 2.63. The third-order valence-corrected chi connectivity index (χ3v) is 3.20. The second-order valence-electron chi connectivity index (χ2n) is 3.97. The van der Waals surface area contributed by atoms with Gasteiger partial charge in [0.05, 0.1) is 12.7 Å². The van der Waals surface area contributed by atoms with E-state index >= 15 is 0 Å². The molecule has 0 spiro atoms. The summed E-state index contributed by atoms with van der Waals surface area (Å²) < 4.78 is 18.5. The molecule has 0 amide bonds. The number of benzene rings is 1. The van der Waals surface area contributed by atoms with Crippen LogP contribution in [-0.2, 0) is 4.74 Å². The van der Waals surface area contributed by atoms with Gasteiger partial charge >= 0.3 is 0 Å². The van der Waals surface area contributed by atoms with Crippen LogP contribution in [-0.4, -0.2) is 11.9 Å². The predicted octanol–water partition coefficient (Wildman–Crippen LogP) is 3.69. The normalized spacial score (nSPS) is 17.7. The molecule has 1 nitrogen and oxygen atoms in total. The fourth-order valence-corrected chi connectivity index (χ4v) is 2.00. The average Bonchev–Trinajstić information content (AvgIpc) is 3.05. The highest BCUT2D eigenvalue weighted by Gasteiger charge is 2.23. The summed E-state index contributed by atoms with van der Waals surface area (Å²) in [6.45, 7) is 0.827. The first-order valence-corrected chi connectivity index (χ1v) is 6.35. The van der Waals surface area contributed by atoms with E-state index in [4.69, 9.17) is 4.74 Å². The smallest absolute Gasteiger partial charge is 0.123 e. The Morgan fingerprint density at radius 3 is 2.53 bits per heavy atom. The predicted molar refractivity (Wildman–Crippen MR) is 61.6 cm³/mol. The maximum Gasteiger partial charge on any atom is 0.123 e. The number of rotatable bonds is 5. The minimum absolute atomic E-state index is 0.0474. The maximum absolute atomic E-state index is 12.7. The first-order chi connectivity index (χ1) is 7.29. The van der Waals surface area contributed by atoms with E-state index in [2.05, 4.69) is 15.9 Å². The summed E-state index contributed by atoms with van der Waals surface area (Å²) in [5.74, 6) is 0.557. The highest BCUT2D eigenvalue weighted by Crippen LogP contribution is 2.31. The maximum atomic E-state index is 12.7. The molecule has 1 saturated carbocycles. The van der Waals surface area contributed by atoms with Crippen LogP contribution in [0.4, 0.5) is 4.39 Å². The minimum atomic E-state index is -0.200. The molecule has 1 aliphatic carbocycles. The Hall–Kier alpha value is -0.410. The van der Waals surface area contributed by atoms with Crippen molar-refractivity contribution in [1.82, 2.24) is 0 Å². The summed E-state index contributed by atoms with van der Waals surface area (Å²) in [5, 5.41) is 0.755. The molecule has 0 aromatic heterocycles. The van der Waals surface area contributed by atoms with Crippen molar-refractivity contribution in [3.8, 4) is 0 Å². The van der Waals surface area contributed by atoms with Gasteiger partial charge in [-0.1, -0.05) is 28.1 Å². The lowest BCUT2D eigenvalue weighted by molar-refractivity contribution is 0.0618. The second kappa shape index (κ2) is 5.08. The molecule has 3 heteroatoms. The first kappa shape index (κ1) is 11.1. The Morgan fingerprint density at radius 1 is 1.33 bits per heavy atom. The van der Waals surface area contributed by atoms with Gasteiger partial charge < -0.3 is 4.74 Å². The fraction of sp³-hybridized carbons (Fsp3) is 0.500. The minimum Gasteiger partial charge on any atom is -0.372 e. The van der Waals surface area contributed by atoms with Gasteiger partial charge in [0, 0.05) is 5.33 Å². The molecule has 0 aliphatic heterocycles. The van der Waals surface area contributed by atoms with Gasteiger partial charge in [0.25, 0.3) is 0 Å². The molecule has 1 unspecified atom stereocenters. The van der Waals surface area contributed by atoms with Crippen LogP contribution in [0.3, 0.4) is 0 Å². The van der Waals surface area contributed by atoms with Crippen molar-refractivity contribution in [3.63, 3.8) is 0 Å². The Balaban J connectivity index is 1.94. The molecular weight excluding hydrogens is 259 g/mol. The third-order valence-electron chi connectivity index (χ3n) is 2.61. The van der Waals surface area contributed by atoms with Gasteiger partial charge in [-0.2, -0.15) is 0 Å². The lowest BCUT2D eigenvalue weighted by Gasteiger charge is -2.15. The Kier molecular flexibility index (Phi) is 3.76. The zero-order valence-electron chi connectivity index (χ0n) is 8.46. The van der Waals surface area contributed by atoms with Gasteiger partial charge in [-0.25, -0.2) is 4.39 Å². The van der Waals surface area contributed by atoms with Crippen LogP contribution in [0.2, 0.25) is 0 Å². The molecule has 1 aromatic rings. The van der Waals surface area contributed by atoms with Gasteiger partial charge in [0.2, 0.25) is 0 Å². The van der Waals surface area contributed by atoms with Gasteiger partial charge in [0.15, 0.2) is 0 Å². The van der Waals surface area contributed by atoms with Gasteiger partial charge in [-0.3, -0.25) is 0 Å². The van der Waals surface area contributed by atoms with Gasteiger partial charge in [0.1, 0.15) is 5.82 Å². The summed E-state index contributed by atoms with van der Waals surface area (Å²) >= 11 is 3.42. The molecule has 15 heavy (non-hydrogen) atoms. The van der Waals surface area contributed by atoms with E-state index in [1.165, 1.54) is 25.0 Å². The van der Waals surface area contributed by atoms with E-state index in [1.807, 2.05) is 0 Å². The summed E-state index contributed by atoms with van der Waals surface area (Å²) in [5.41, 5.74) is 1.04. The molecule has 0 bridgehead atoms. The topological polar surface area (TPSA) is 9.23 Å². The van der Waals surface area contributed by atoms with Crippen molar-refractivity contribution in [2.24, 2.45) is 5.92 Å². The highest BCUT2D eigenvalue weighted by molar-refractivity contribution is 9.09. The molecular formula is C12H14BrFO. The quantitative estimate of drug-likeness (QED) is 0.743. The van der Waals surface area contributed by atoms with E-state index in [0.29, 0.717) is 0 Å². The molecule has 0 heterocycles. The highest BCUT2D eigenvalue weighted by atomic mass is 79.9. The van der Waals surface area contributed by atoms with Gasteiger partial charge in [-0.15, -0.1) is 0 Å². The van der Waals surface area contributed by atoms with Crippen LogP contribution in [0.1, 0.15) is 24.5 Å². The monoisotopic (exact) mass is 272 g/mol. The number of ether oxygens (including phenoxy) is 1. The summed E-state index contributed by atoms with van der Waals surface area (Å²) in [7, 11) is 0. The number of hydrogen-bond acceptors (Lipinski definition) is 1. The number of halogens is 2. The van der Waals surface area contributed by atoms with Crippen molar-refractivity contribution < 1.29 is 9.13 Å². The molecule has 1 aliphatic rings. The lowest BCUT2D eigenvalue weighted by Crippen LogP contribution is -2.08. The zero-order chi connectivity index (χ0) is 10.7. The van der Waals surface area contributed by atoms with Crippen LogP contribution in [0.15, 0.2) is 24.3 Å². The number of hydrogen-bond donors (Lipinski definition) is 0. The standard InChI is InChI=1S/C12H14BrFO/c13-7-12(15-8-9-1-2-9)10-3-5-11(14)6-4-10/h3-6,9,12H,1-2,7-8H2. The lowest BCUT2D eigenvalue weighted by atomic mass is 10.1. The SMILES string of the molecule is Fc1ccc(C(CBr)OCC2CC2)cc1. The zero-order valence-corrected chi connectivity index (χ0v) is 10.0. The molecule has 1 fully saturated rings. The molecule has 0 N–H and O–H groups in total. The van der Waals surface area contributed by atoms with Crippen LogP contribution >= 0.6 is 15.9 Å². The molecule has 1 aromatic carbocycles. The van der Waals surface area contributed by atoms with Crippen LogP contribution in [0.25, 0.3) is 0 Å². The molecule has 2 rings (SSSR count). The third kappa shape index (κ3) is 3.28. The van der Waals surface area contributed by atoms with Gasteiger partial charge in [-0.05, 0) is 36.5 Å². The van der Waals surface area contributed by atoms with Crippen molar-refractivity contribution >= 4 is 15.9 Å². The molecule has 1 atom stereocenters. The van der Waals surface area contributed by atoms with Crippen LogP contribution in [0, 0.1) is 11.7 Å². The molecule has 0 radical (unpaired) electrons. The van der Waals surface area contributed by atoms with Crippen molar-refractivity contribution in [2.75, 3.05) is 11.9 Å².